The predicted molar refractivity (Wildman–Crippen MR) is 124 cm³/mol. The first kappa shape index (κ1) is 21.7. The first-order valence-corrected chi connectivity index (χ1v) is 10.4. The highest BCUT2D eigenvalue weighted by molar-refractivity contribution is 6.21. The van der Waals surface area contributed by atoms with Crippen molar-refractivity contribution in [3.8, 4) is 0 Å². The molecule has 0 saturated heterocycles. The summed E-state index contributed by atoms with van der Waals surface area (Å²) in [5.74, 6) is -0.211. The topological polar surface area (TPSA) is 34.1 Å². The van der Waals surface area contributed by atoms with E-state index in [1.165, 1.54) is 0 Å². The lowest BCUT2D eigenvalue weighted by Crippen LogP contribution is -2.26. The molecular formula is C28H30O2. The lowest BCUT2D eigenvalue weighted by molar-refractivity contribution is 0.1000. The highest BCUT2D eigenvalue weighted by Gasteiger charge is 2.33. The fourth-order valence-electron chi connectivity index (χ4n) is 3.79. The van der Waals surface area contributed by atoms with E-state index in [0.717, 1.165) is 11.1 Å². The van der Waals surface area contributed by atoms with Gasteiger partial charge in [-0.3, -0.25) is 9.59 Å². The van der Waals surface area contributed by atoms with Crippen LogP contribution in [-0.4, -0.2) is 11.6 Å². The molecule has 30 heavy (non-hydrogen) atoms. The van der Waals surface area contributed by atoms with Crippen LogP contribution >= 0.6 is 0 Å². The molecule has 0 bridgehead atoms. The molecule has 2 nitrogen and oxygen atoms in total. The van der Waals surface area contributed by atoms with E-state index in [1.54, 1.807) is 0 Å². The number of hydrogen-bond acceptors (Lipinski definition) is 2. The fraction of sp³-hybridized carbons (Fsp3) is 0.286. The van der Waals surface area contributed by atoms with Crippen molar-refractivity contribution in [3.05, 3.63) is 106 Å². The third-order valence-corrected chi connectivity index (χ3v) is 5.35. The molecule has 0 unspecified atom stereocenters. The molecule has 0 atom stereocenters. The summed E-state index contributed by atoms with van der Waals surface area (Å²) in [5, 5.41) is 0. The maximum Gasteiger partial charge on any atom is 0.194 e. The molecule has 0 saturated carbocycles. The predicted octanol–water partition coefficient (Wildman–Crippen LogP) is 6.74. The molecule has 3 aromatic carbocycles. The molecule has 0 N–H and O–H groups in total. The zero-order chi connectivity index (χ0) is 22.1. The molecule has 0 amide bonds. The van der Waals surface area contributed by atoms with Crippen molar-refractivity contribution >= 4 is 11.6 Å². The zero-order valence-corrected chi connectivity index (χ0v) is 18.7. The molecular weight excluding hydrogens is 368 g/mol. The van der Waals surface area contributed by atoms with Gasteiger partial charge in [-0.25, -0.2) is 0 Å². The third-order valence-electron chi connectivity index (χ3n) is 5.35. The summed E-state index contributed by atoms with van der Waals surface area (Å²) in [4.78, 5) is 27.6. The van der Waals surface area contributed by atoms with E-state index in [4.69, 9.17) is 0 Å². The van der Waals surface area contributed by atoms with Crippen LogP contribution in [0.25, 0.3) is 0 Å². The Morgan fingerprint density at radius 2 is 0.800 bits per heavy atom. The van der Waals surface area contributed by atoms with Crippen LogP contribution in [0.1, 0.15) is 84.5 Å². The van der Waals surface area contributed by atoms with E-state index in [9.17, 15) is 9.59 Å². The molecule has 0 aliphatic heterocycles. The van der Waals surface area contributed by atoms with Crippen LogP contribution < -0.4 is 0 Å². The van der Waals surface area contributed by atoms with Gasteiger partial charge in [-0.15, -0.1) is 0 Å². The zero-order valence-electron chi connectivity index (χ0n) is 18.7. The summed E-state index contributed by atoms with van der Waals surface area (Å²) in [7, 11) is 0. The molecule has 3 aromatic rings. The number of ketones is 2. The van der Waals surface area contributed by atoms with Crippen molar-refractivity contribution in [1.29, 1.82) is 0 Å². The summed E-state index contributed by atoms with van der Waals surface area (Å²) >= 11 is 0. The summed E-state index contributed by atoms with van der Waals surface area (Å²) in [6.07, 6.45) is 0. The minimum absolute atomic E-state index is 0.106. The molecule has 0 heterocycles. The number of benzene rings is 3. The van der Waals surface area contributed by atoms with E-state index < -0.39 is 0 Å². The average Bonchev–Trinajstić information content (AvgIpc) is 2.71. The number of carbonyl (C=O) groups excluding carboxylic acids is 2. The first-order chi connectivity index (χ1) is 14.0. The molecule has 2 heteroatoms. The van der Waals surface area contributed by atoms with Gasteiger partial charge < -0.3 is 0 Å². The standard InChI is InChI=1S/C28H30O2/c1-27(2,3)21-17-18-22(28(4,5)6)24(26(30)20-15-11-8-12-16-20)23(21)25(29)19-13-9-7-10-14-19/h7-18H,1-6H3. The Labute approximate surface area is 180 Å². The second kappa shape index (κ2) is 8.02. The van der Waals surface area contributed by atoms with Crippen molar-refractivity contribution in [1.82, 2.24) is 0 Å². The van der Waals surface area contributed by atoms with Crippen LogP contribution in [0.3, 0.4) is 0 Å². The quantitative estimate of drug-likeness (QED) is 0.456. The second-order valence-electron chi connectivity index (χ2n) is 9.80. The first-order valence-electron chi connectivity index (χ1n) is 10.4. The van der Waals surface area contributed by atoms with E-state index in [0.29, 0.717) is 22.3 Å². The van der Waals surface area contributed by atoms with Gasteiger partial charge in [0.1, 0.15) is 0 Å². The third kappa shape index (κ3) is 4.28. The van der Waals surface area contributed by atoms with Crippen molar-refractivity contribution in [3.63, 3.8) is 0 Å². The lowest BCUT2D eigenvalue weighted by atomic mass is 9.73. The lowest BCUT2D eigenvalue weighted by Gasteiger charge is -2.30. The second-order valence-corrected chi connectivity index (χ2v) is 9.80. The Bertz CT molecular complexity index is 975. The summed E-state index contributed by atoms with van der Waals surface area (Å²) in [6.45, 7) is 12.5. The van der Waals surface area contributed by atoms with Crippen molar-refractivity contribution in [2.75, 3.05) is 0 Å². The van der Waals surface area contributed by atoms with E-state index in [1.807, 2.05) is 72.8 Å². The Morgan fingerprint density at radius 3 is 1.07 bits per heavy atom. The van der Waals surface area contributed by atoms with Gasteiger partial charge in [0.15, 0.2) is 11.6 Å². The van der Waals surface area contributed by atoms with Gasteiger partial charge in [-0.1, -0.05) is 114 Å². The van der Waals surface area contributed by atoms with E-state index >= 15 is 0 Å². The van der Waals surface area contributed by atoms with Gasteiger partial charge in [0.25, 0.3) is 0 Å². The fourth-order valence-corrected chi connectivity index (χ4v) is 3.79. The minimum atomic E-state index is -0.290. The maximum absolute atomic E-state index is 13.8. The van der Waals surface area contributed by atoms with E-state index in [-0.39, 0.29) is 22.4 Å². The Hall–Kier alpha value is -3.00. The Morgan fingerprint density at radius 1 is 0.500 bits per heavy atom. The van der Waals surface area contributed by atoms with Gasteiger partial charge in [0.2, 0.25) is 0 Å². The highest BCUT2D eigenvalue weighted by atomic mass is 16.1. The summed E-state index contributed by atoms with van der Waals surface area (Å²) in [5.41, 5.74) is 3.44. The Balaban J connectivity index is 2.41. The van der Waals surface area contributed by atoms with Crippen molar-refractivity contribution in [2.45, 2.75) is 52.4 Å². The maximum atomic E-state index is 13.8. The number of carbonyl (C=O) groups is 2. The Kier molecular flexibility index (Phi) is 5.81. The molecule has 0 aliphatic carbocycles. The molecule has 0 radical (unpaired) electrons. The highest BCUT2D eigenvalue weighted by Crippen LogP contribution is 2.37. The van der Waals surface area contributed by atoms with Crippen LogP contribution in [-0.2, 0) is 10.8 Å². The number of rotatable bonds is 4. The SMILES string of the molecule is CC(C)(C)c1ccc(C(C)(C)C)c(C(=O)c2ccccc2)c1C(=O)c1ccccc1. The molecule has 3 rings (SSSR count). The van der Waals surface area contributed by atoms with Gasteiger partial charge >= 0.3 is 0 Å². The summed E-state index contributed by atoms with van der Waals surface area (Å²) < 4.78 is 0. The molecule has 0 aliphatic rings. The average molecular weight is 399 g/mol. The summed E-state index contributed by atoms with van der Waals surface area (Å²) in [6, 6.07) is 22.5. The molecule has 0 spiro atoms. The van der Waals surface area contributed by atoms with Crippen LogP contribution in [0.5, 0.6) is 0 Å². The molecule has 0 aromatic heterocycles. The normalized spacial score (nSPS) is 11.9. The van der Waals surface area contributed by atoms with Gasteiger partial charge in [0.05, 0.1) is 0 Å². The molecule has 154 valence electrons. The van der Waals surface area contributed by atoms with Crippen molar-refractivity contribution in [2.24, 2.45) is 0 Å². The van der Waals surface area contributed by atoms with Gasteiger partial charge in [-0.2, -0.15) is 0 Å². The van der Waals surface area contributed by atoms with Crippen LogP contribution in [0.4, 0.5) is 0 Å². The molecule has 0 fully saturated rings. The van der Waals surface area contributed by atoms with E-state index in [2.05, 4.69) is 41.5 Å². The smallest absolute Gasteiger partial charge is 0.194 e. The minimum Gasteiger partial charge on any atom is -0.289 e. The van der Waals surface area contributed by atoms with Crippen LogP contribution in [0.15, 0.2) is 72.8 Å². The van der Waals surface area contributed by atoms with Gasteiger partial charge in [-0.05, 0) is 22.0 Å². The van der Waals surface area contributed by atoms with Crippen LogP contribution in [0.2, 0.25) is 0 Å². The van der Waals surface area contributed by atoms with Crippen LogP contribution in [0, 0.1) is 0 Å². The van der Waals surface area contributed by atoms with Crippen molar-refractivity contribution < 1.29 is 9.59 Å². The number of hydrogen-bond donors (Lipinski definition) is 0. The largest absolute Gasteiger partial charge is 0.289 e. The van der Waals surface area contributed by atoms with Gasteiger partial charge in [0, 0.05) is 22.3 Å². The monoisotopic (exact) mass is 398 g/mol.